The Balaban J connectivity index is 1.62. The van der Waals surface area contributed by atoms with Crippen molar-refractivity contribution in [3.8, 4) is 5.75 Å². The molecule has 9 heteroatoms. The molecular weight excluding hydrogens is 444 g/mol. The molecule has 2 N–H and O–H groups in total. The predicted molar refractivity (Wildman–Crippen MR) is 125 cm³/mol. The van der Waals surface area contributed by atoms with Crippen LogP contribution in [0.25, 0.3) is 0 Å². The van der Waals surface area contributed by atoms with Crippen LogP contribution in [0, 0.1) is 11.8 Å². The van der Waals surface area contributed by atoms with E-state index in [2.05, 4.69) is 5.32 Å². The second kappa shape index (κ2) is 9.93. The van der Waals surface area contributed by atoms with Gasteiger partial charge < -0.3 is 24.8 Å². The van der Waals surface area contributed by atoms with E-state index in [0.29, 0.717) is 30.8 Å². The van der Waals surface area contributed by atoms with E-state index in [9.17, 15) is 14.4 Å². The molecule has 3 aliphatic rings. The molecule has 1 aromatic carbocycles. The van der Waals surface area contributed by atoms with Gasteiger partial charge in [-0.15, -0.1) is 11.8 Å². The number of benzene rings is 1. The van der Waals surface area contributed by atoms with E-state index in [4.69, 9.17) is 14.6 Å². The standard InChI is InChI=1S/C24H32N2O6S/c1-3-32-23(30)18-17-11-12-24(33-17)19(18)22(29)26(13-5-4-6-14-27)20(24)21(28)25-15-7-9-16(31-2)10-8-15/h7-10,17-20,27H,3-6,11-14H2,1-2H3,(H,25,28)/t17-,18+,19+,20?,24?/m1/s1. The maximum absolute atomic E-state index is 13.7. The molecule has 5 atom stereocenters. The number of nitrogens with one attached hydrogen (secondary N) is 1. The summed E-state index contributed by atoms with van der Waals surface area (Å²) in [5.41, 5.74) is 0.632. The Hall–Kier alpha value is -2.26. The van der Waals surface area contributed by atoms with Gasteiger partial charge >= 0.3 is 5.97 Å². The number of fused-ring (bicyclic) bond motifs is 1. The van der Waals surface area contributed by atoms with E-state index >= 15 is 0 Å². The molecule has 3 aliphatic heterocycles. The lowest BCUT2D eigenvalue weighted by Gasteiger charge is -2.34. The molecular formula is C24H32N2O6S. The van der Waals surface area contributed by atoms with Gasteiger partial charge in [-0.1, -0.05) is 0 Å². The van der Waals surface area contributed by atoms with Crippen LogP contribution in [0.3, 0.4) is 0 Å². The van der Waals surface area contributed by atoms with Gasteiger partial charge in [-0.3, -0.25) is 14.4 Å². The molecule has 3 saturated heterocycles. The number of methoxy groups -OCH3 is 1. The number of unbranched alkanes of at least 4 members (excludes halogenated alkanes) is 2. The summed E-state index contributed by atoms with van der Waals surface area (Å²) < 4.78 is 9.90. The van der Waals surface area contributed by atoms with Crippen molar-refractivity contribution in [2.75, 3.05) is 32.2 Å². The van der Waals surface area contributed by atoms with E-state index in [1.54, 1.807) is 55.0 Å². The van der Waals surface area contributed by atoms with E-state index in [1.165, 1.54) is 0 Å². The van der Waals surface area contributed by atoms with Crippen molar-refractivity contribution in [1.82, 2.24) is 4.90 Å². The van der Waals surface area contributed by atoms with Gasteiger partial charge in [0.05, 0.1) is 30.3 Å². The van der Waals surface area contributed by atoms with Crippen LogP contribution in [0.1, 0.15) is 39.0 Å². The van der Waals surface area contributed by atoms with Gasteiger partial charge in [-0.2, -0.15) is 0 Å². The first-order valence-corrected chi connectivity index (χ1v) is 12.6. The predicted octanol–water partition coefficient (Wildman–Crippen LogP) is 2.45. The highest BCUT2D eigenvalue weighted by molar-refractivity contribution is 8.02. The largest absolute Gasteiger partial charge is 0.497 e. The zero-order valence-corrected chi connectivity index (χ0v) is 19.9. The number of thioether (sulfide) groups is 1. The third-order valence-corrected chi connectivity index (χ3v) is 8.97. The molecule has 0 radical (unpaired) electrons. The quantitative estimate of drug-likeness (QED) is 0.395. The summed E-state index contributed by atoms with van der Waals surface area (Å²) in [6.45, 7) is 2.57. The van der Waals surface area contributed by atoms with Crippen molar-refractivity contribution >= 4 is 35.2 Å². The molecule has 4 rings (SSSR count). The number of aliphatic hydroxyl groups is 1. The van der Waals surface area contributed by atoms with Crippen LogP contribution >= 0.6 is 11.8 Å². The van der Waals surface area contributed by atoms with E-state index < -0.39 is 22.6 Å². The first-order chi connectivity index (χ1) is 16.0. The average molecular weight is 477 g/mol. The van der Waals surface area contributed by atoms with Gasteiger partial charge in [-0.05, 0) is 63.3 Å². The van der Waals surface area contributed by atoms with Crippen molar-refractivity contribution in [1.29, 1.82) is 0 Å². The van der Waals surface area contributed by atoms with Gasteiger partial charge in [0.1, 0.15) is 11.8 Å². The average Bonchev–Trinajstić information content (AvgIpc) is 3.45. The number of nitrogens with zero attached hydrogens (tertiary/aromatic N) is 1. The fourth-order valence-electron chi connectivity index (χ4n) is 5.66. The highest BCUT2D eigenvalue weighted by atomic mass is 32.2. The summed E-state index contributed by atoms with van der Waals surface area (Å²) in [7, 11) is 1.58. The highest BCUT2D eigenvalue weighted by Gasteiger charge is 2.73. The molecule has 0 aliphatic carbocycles. The number of amides is 2. The molecule has 33 heavy (non-hydrogen) atoms. The Morgan fingerprint density at radius 2 is 2.00 bits per heavy atom. The molecule has 0 saturated carbocycles. The molecule has 8 nitrogen and oxygen atoms in total. The van der Waals surface area contributed by atoms with Gasteiger partial charge in [0.25, 0.3) is 0 Å². The Bertz CT molecular complexity index is 893. The summed E-state index contributed by atoms with van der Waals surface area (Å²) >= 11 is 1.63. The minimum atomic E-state index is -0.652. The molecule has 180 valence electrons. The van der Waals surface area contributed by atoms with Crippen LogP contribution in [0.15, 0.2) is 24.3 Å². The molecule has 2 amide bonds. The zero-order chi connectivity index (χ0) is 23.6. The lowest BCUT2D eigenvalue weighted by molar-refractivity contribution is -0.153. The summed E-state index contributed by atoms with van der Waals surface area (Å²) in [4.78, 5) is 41.8. The zero-order valence-electron chi connectivity index (χ0n) is 19.1. The van der Waals surface area contributed by atoms with Crippen molar-refractivity contribution in [2.45, 2.75) is 55.1 Å². The lowest BCUT2D eigenvalue weighted by atomic mass is 9.71. The normalized spacial score (nSPS) is 29.8. The number of esters is 1. The Kier molecular flexibility index (Phi) is 7.19. The lowest BCUT2D eigenvalue weighted by Crippen LogP contribution is -2.51. The smallest absolute Gasteiger partial charge is 0.310 e. The number of carbonyl (C=O) groups excluding carboxylic acids is 3. The second-order valence-electron chi connectivity index (χ2n) is 8.84. The van der Waals surface area contributed by atoms with Crippen LogP contribution in [0.5, 0.6) is 5.75 Å². The fraction of sp³-hybridized carbons (Fsp3) is 0.625. The molecule has 1 spiro atoms. The maximum Gasteiger partial charge on any atom is 0.310 e. The summed E-state index contributed by atoms with van der Waals surface area (Å²) in [5, 5.41) is 12.1. The highest BCUT2D eigenvalue weighted by Crippen LogP contribution is 2.66. The number of hydrogen-bond donors (Lipinski definition) is 2. The minimum absolute atomic E-state index is 0.00539. The second-order valence-corrected chi connectivity index (χ2v) is 10.4. The molecule has 3 heterocycles. The Morgan fingerprint density at radius 3 is 2.67 bits per heavy atom. The SMILES string of the molecule is CCOC(=O)[C@@H]1[C@H]2C(=O)N(CCCCCO)C(C(=O)Nc3ccc(OC)cc3)C23CC[C@H]1S3. The van der Waals surface area contributed by atoms with Crippen molar-refractivity contribution in [3.63, 3.8) is 0 Å². The Morgan fingerprint density at radius 1 is 1.24 bits per heavy atom. The van der Waals surface area contributed by atoms with E-state index in [0.717, 1.165) is 19.3 Å². The number of anilines is 1. The van der Waals surface area contributed by atoms with Crippen LogP contribution in [-0.2, 0) is 19.1 Å². The molecule has 2 unspecified atom stereocenters. The third-order valence-electron chi connectivity index (χ3n) is 7.02. The topological polar surface area (TPSA) is 105 Å². The first kappa shape index (κ1) is 23.9. The summed E-state index contributed by atoms with van der Waals surface area (Å²) in [5.74, 6) is -1.03. The molecule has 3 fully saturated rings. The molecule has 0 aromatic heterocycles. The molecule has 1 aromatic rings. The number of hydrogen-bond acceptors (Lipinski definition) is 7. The third kappa shape index (κ3) is 4.21. The monoisotopic (exact) mass is 476 g/mol. The van der Waals surface area contributed by atoms with Gasteiger partial charge in [0.2, 0.25) is 11.8 Å². The maximum atomic E-state index is 13.7. The summed E-state index contributed by atoms with van der Waals surface area (Å²) in [6, 6.07) is 6.44. The van der Waals surface area contributed by atoms with Crippen LogP contribution in [-0.4, -0.2) is 70.7 Å². The number of rotatable bonds is 10. The summed E-state index contributed by atoms with van der Waals surface area (Å²) in [6.07, 6.45) is 3.63. The van der Waals surface area contributed by atoms with Crippen molar-refractivity contribution in [2.24, 2.45) is 11.8 Å². The first-order valence-electron chi connectivity index (χ1n) is 11.7. The van der Waals surface area contributed by atoms with Gasteiger partial charge in [0, 0.05) is 24.1 Å². The number of carbonyl (C=O) groups is 3. The van der Waals surface area contributed by atoms with Gasteiger partial charge in [-0.25, -0.2) is 0 Å². The van der Waals surface area contributed by atoms with Gasteiger partial charge in [0.15, 0.2) is 0 Å². The molecule has 2 bridgehead atoms. The number of aliphatic hydroxyl groups excluding tert-OH is 1. The van der Waals surface area contributed by atoms with E-state index in [-0.39, 0.29) is 36.2 Å². The van der Waals surface area contributed by atoms with Crippen LogP contribution < -0.4 is 10.1 Å². The van der Waals surface area contributed by atoms with Crippen LogP contribution in [0.4, 0.5) is 5.69 Å². The van der Waals surface area contributed by atoms with Crippen molar-refractivity contribution in [3.05, 3.63) is 24.3 Å². The Labute approximate surface area is 198 Å². The minimum Gasteiger partial charge on any atom is -0.497 e. The van der Waals surface area contributed by atoms with Crippen LogP contribution in [0.2, 0.25) is 0 Å². The van der Waals surface area contributed by atoms with Crippen molar-refractivity contribution < 1.29 is 29.0 Å². The number of ether oxygens (including phenoxy) is 2. The number of likely N-dealkylation sites (tertiary alicyclic amines) is 1. The van der Waals surface area contributed by atoms with E-state index in [1.807, 2.05) is 0 Å². The fourth-order valence-corrected chi connectivity index (χ4v) is 7.86.